The first-order chi connectivity index (χ1) is 15.3. The zero-order valence-electron chi connectivity index (χ0n) is 20.1. The van der Waals surface area contributed by atoms with E-state index in [1.165, 1.54) is 0 Å². The van der Waals surface area contributed by atoms with Crippen LogP contribution in [0.5, 0.6) is 0 Å². The largest absolute Gasteiger partial charge is 0.466 e. The Hall–Kier alpha value is -1.06. The summed E-state index contributed by atoms with van der Waals surface area (Å²) in [5.41, 5.74) is -4.39. The number of esters is 1. The van der Waals surface area contributed by atoms with E-state index in [9.17, 15) is 24.9 Å². The van der Waals surface area contributed by atoms with Crippen molar-refractivity contribution < 1.29 is 39.1 Å². The van der Waals surface area contributed by atoms with E-state index >= 15 is 0 Å². The fourth-order valence-corrected chi connectivity index (χ4v) is 8.70. The summed E-state index contributed by atoms with van der Waals surface area (Å²) < 4.78 is 17.7. The molecule has 0 aromatic carbocycles. The molecule has 3 N–H and O–H groups in total. The van der Waals surface area contributed by atoms with Crippen LogP contribution in [-0.2, 0) is 23.8 Å². The molecule has 0 bridgehead atoms. The summed E-state index contributed by atoms with van der Waals surface area (Å²) in [7, 11) is 0. The second kappa shape index (κ2) is 7.23. The Morgan fingerprint density at radius 3 is 2.61 bits per heavy atom. The molecule has 1 heterocycles. The standard InChI is InChI=1S/C25H38O8/c1-5-31-20(28)16-7-9-25(30)15-6-8-23(29)11-14(26)10-18-24(23,13-32-21(2,3)33-18)19(15)17(27)12-22(16,25)4/h15-19,27,29-30H,5-13H2,1-4H3/t15-,16-,17+,18-,19-,22-,23-,24-,25-/m1/s1. The van der Waals surface area contributed by atoms with E-state index in [0.29, 0.717) is 25.7 Å². The zero-order chi connectivity index (χ0) is 24.0. The van der Waals surface area contributed by atoms with Gasteiger partial charge in [0.15, 0.2) is 5.79 Å². The Morgan fingerprint density at radius 2 is 1.91 bits per heavy atom. The van der Waals surface area contributed by atoms with E-state index in [1.807, 2.05) is 6.92 Å². The van der Waals surface area contributed by atoms with Gasteiger partial charge in [-0.05, 0) is 58.8 Å². The van der Waals surface area contributed by atoms with E-state index < -0.39 is 51.9 Å². The van der Waals surface area contributed by atoms with Crippen molar-refractivity contribution >= 4 is 11.8 Å². The Labute approximate surface area is 195 Å². The molecule has 4 saturated carbocycles. The third-order valence-corrected chi connectivity index (χ3v) is 10.1. The Morgan fingerprint density at radius 1 is 1.18 bits per heavy atom. The van der Waals surface area contributed by atoms with Gasteiger partial charge in [0.2, 0.25) is 0 Å². The number of aliphatic hydroxyl groups is 3. The van der Waals surface area contributed by atoms with Gasteiger partial charge in [-0.25, -0.2) is 0 Å². The highest BCUT2D eigenvalue weighted by Crippen LogP contribution is 2.70. The van der Waals surface area contributed by atoms with Crippen molar-refractivity contribution in [2.45, 2.75) is 102 Å². The number of rotatable bonds is 2. The second-order valence-electron chi connectivity index (χ2n) is 11.9. The van der Waals surface area contributed by atoms with E-state index in [1.54, 1.807) is 20.8 Å². The van der Waals surface area contributed by atoms with E-state index in [-0.39, 0.29) is 50.1 Å². The summed E-state index contributed by atoms with van der Waals surface area (Å²) in [6, 6.07) is 0. The highest BCUT2D eigenvalue weighted by atomic mass is 16.7. The van der Waals surface area contributed by atoms with Gasteiger partial charge in [-0.15, -0.1) is 0 Å². The molecule has 1 spiro atoms. The van der Waals surface area contributed by atoms with Crippen molar-refractivity contribution in [3.05, 3.63) is 0 Å². The SMILES string of the molecule is CCOC(=O)[C@H]1CC[C@@]2(O)[C@@H]3CC[C@@]4(O)CC(=O)C[C@H]5OC(C)(C)OC[C@]54[C@H]3[C@@H](O)C[C@]12C. The van der Waals surface area contributed by atoms with Gasteiger partial charge in [-0.2, -0.15) is 0 Å². The fraction of sp³-hybridized carbons (Fsp3) is 0.920. The van der Waals surface area contributed by atoms with Gasteiger partial charge in [-0.1, -0.05) is 6.92 Å². The van der Waals surface area contributed by atoms with Crippen LogP contribution in [-0.4, -0.2) is 69.5 Å². The molecule has 5 fully saturated rings. The molecule has 1 saturated heterocycles. The molecule has 0 aromatic rings. The number of ketones is 1. The maximum Gasteiger partial charge on any atom is 0.309 e. The monoisotopic (exact) mass is 466 g/mol. The first-order valence-corrected chi connectivity index (χ1v) is 12.5. The minimum atomic E-state index is -1.37. The Bertz CT molecular complexity index is 857. The lowest BCUT2D eigenvalue weighted by Gasteiger charge is -2.70. The predicted molar refractivity (Wildman–Crippen MR) is 116 cm³/mol. The number of hydrogen-bond donors (Lipinski definition) is 3. The summed E-state index contributed by atoms with van der Waals surface area (Å²) in [5, 5.41) is 35.8. The van der Waals surface area contributed by atoms with Crippen molar-refractivity contribution in [3.63, 3.8) is 0 Å². The normalized spacial score (nSPS) is 52.8. The molecule has 0 radical (unpaired) electrons. The number of carbonyl (C=O) groups is 2. The maximum absolute atomic E-state index is 12.8. The topological polar surface area (TPSA) is 123 Å². The lowest BCUT2D eigenvalue weighted by Crippen LogP contribution is -2.77. The van der Waals surface area contributed by atoms with Crippen molar-refractivity contribution in [3.8, 4) is 0 Å². The molecule has 9 atom stereocenters. The van der Waals surface area contributed by atoms with Crippen LogP contribution in [0, 0.1) is 28.6 Å². The minimum absolute atomic E-state index is 0.00767. The second-order valence-corrected chi connectivity index (χ2v) is 11.9. The lowest BCUT2D eigenvalue weighted by molar-refractivity contribution is -0.390. The van der Waals surface area contributed by atoms with Gasteiger partial charge in [0.1, 0.15) is 5.78 Å². The van der Waals surface area contributed by atoms with Gasteiger partial charge >= 0.3 is 5.97 Å². The molecule has 4 aliphatic carbocycles. The predicted octanol–water partition coefficient (Wildman–Crippen LogP) is 1.72. The third-order valence-electron chi connectivity index (χ3n) is 10.1. The molecule has 1 aliphatic heterocycles. The molecule has 8 nitrogen and oxygen atoms in total. The summed E-state index contributed by atoms with van der Waals surface area (Å²) in [5.74, 6) is -2.63. The average molecular weight is 467 g/mol. The number of Topliss-reactive ketones (excluding diaryl/α,β-unsaturated/α-hetero) is 1. The molecule has 5 rings (SSSR count). The van der Waals surface area contributed by atoms with Crippen LogP contribution in [0.15, 0.2) is 0 Å². The van der Waals surface area contributed by atoms with Gasteiger partial charge in [0.25, 0.3) is 0 Å². The number of ether oxygens (including phenoxy) is 3. The first kappa shape index (κ1) is 23.7. The number of aliphatic hydroxyl groups excluding tert-OH is 1. The molecule has 186 valence electrons. The van der Waals surface area contributed by atoms with Crippen LogP contribution in [0.25, 0.3) is 0 Å². The van der Waals surface area contributed by atoms with Crippen LogP contribution in [0.2, 0.25) is 0 Å². The highest BCUT2D eigenvalue weighted by Gasteiger charge is 2.77. The first-order valence-electron chi connectivity index (χ1n) is 12.5. The Kier molecular flexibility index (Phi) is 5.19. The number of hydrogen-bond acceptors (Lipinski definition) is 8. The quantitative estimate of drug-likeness (QED) is 0.526. The fourth-order valence-electron chi connectivity index (χ4n) is 8.70. The summed E-state index contributed by atoms with van der Waals surface area (Å²) >= 11 is 0. The third kappa shape index (κ3) is 2.94. The van der Waals surface area contributed by atoms with E-state index in [4.69, 9.17) is 14.2 Å². The van der Waals surface area contributed by atoms with Gasteiger partial charge in [0, 0.05) is 24.2 Å². The van der Waals surface area contributed by atoms with Gasteiger partial charge < -0.3 is 29.5 Å². The number of carbonyl (C=O) groups excluding carboxylic acids is 2. The molecule has 0 amide bonds. The molecular formula is C25H38O8. The van der Waals surface area contributed by atoms with Crippen molar-refractivity contribution in [1.82, 2.24) is 0 Å². The van der Waals surface area contributed by atoms with Crippen LogP contribution in [0.1, 0.15) is 72.6 Å². The molecule has 0 unspecified atom stereocenters. The zero-order valence-corrected chi connectivity index (χ0v) is 20.1. The molecule has 8 heteroatoms. The molecule has 5 aliphatic rings. The van der Waals surface area contributed by atoms with Crippen LogP contribution in [0.3, 0.4) is 0 Å². The Balaban J connectivity index is 1.59. The smallest absolute Gasteiger partial charge is 0.309 e. The number of fused-ring (bicyclic) bond motifs is 3. The van der Waals surface area contributed by atoms with Crippen molar-refractivity contribution in [1.29, 1.82) is 0 Å². The average Bonchev–Trinajstić information content (AvgIpc) is 2.97. The van der Waals surface area contributed by atoms with E-state index in [0.717, 1.165) is 0 Å². The minimum Gasteiger partial charge on any atom is -0.466 e. The lowest BCUT2D eigenvalue weighted by atomic mass is 9.40. The van der Waals surface area contributed by atoms with Crippen LogP contribution in [0.4, 0.5) is 0 Å². The summed E-state index contributed by atoms with van der Waals surface area (Å²) in [6.45, 7) is 7.68. The van der Waals surface area contributed by atoms with Crippen molar-refractivity contribution in [2.75, 3.05) is 13.2 Å². The molecule has 33 heavy (non-hydrogen) atoms. The van der Waals surface area contributed by atoms with Crippen LogP contribution >= 0.6 is 0 Å². The summed E-state index contributed by atoms with van der Waals surface area (Å²) in [6.07, 6.45) is 0.615. The van der Waals surface area contributed by atoms with E-state index in [2.05, 4.69) is 0 Å². The highest BCUT2D eigenvalue weighted by molar-refractivity contribution is 5.82. The van der Waals surface area contributed by atoms with Gasteiger partial charge in [-0.3, -0.25) is 9.59 Å². The van der Waals surface area contributed by atoms with Crippen LogP contribution < -0.4 is 0 Å². The summed E-state index contributed by atoms with van der Waals surface area (Å²) in [4.78, 5) is 25.5. The van der Waals surface area contributed by atoms with Gasteiger partial charge in [0.05, 0.1) is 48.0 Å². The molecular weight excluding hydrogens is 428 g/mol. The van der Waals surface area contributed by atoms with Crippen molar-refractivity contribution in [2.24, 2.45) is 28.6 Å². The molecule has 0 aromatic heterocycles. The maximum atomic E-state index is 12.8.